The Balaban J connectivity index is 1.97. The monoisotopic (exact) mass is 524 g/mol. The first-order valence-electron chi connectivity index (χ1n) is 11.8. The van der Waals surface area contributed by atoms with E-state index in [-0.39, 0.29) is 23.2 Å². The molecule has 3 heterocycles. The van der Waals surface area contributed by atoms with Crippen LogP contribution in [0.25, 0.3) is 6.08 Å². The van der Waals surface area contributed by atoms with Crippen molar-refractivity contribution in [1.29, 1.82) is 0 Å². The lowest BCUT2D eigenvalue weighted by atomic mass is 9.76. The molecule has 1 atom stereocenters. The van der Waals surface area contributed by atoms with Gasteiger partial charge in [-0.1, -0.05) is 19.9 Å². The Morgan fingerprint density at radius 1 is 1.03 bits per heavy atom. The first-order valence-corrected chi connectivity index (χ1v) is 11.8. The van der Waals surface area contributed by atoms with Crippen molar-refractivity contribution in [3.63, 3.8) is 0 Å². The van der Waals surface area contributed by atoms with Gasteiger partial charge in [0, 0.05) is 24.6 Å². The summed E-state index contributed by atoms with van der Waals surface area (Å²) in [7, 11) is 1.60. The fourth-order valence-electron chi connectivity index (χ4n) is 5.07. The third kappa shape index (κ3) is 5.01. The molecular weight excluding hydrogens is 498 g/mol. The summed E-state index contributed by atoms with van der Waals surface area (Å²) in [6.45, 7) is 3.50. The van der Waals surface area contributed by atoms with Gasteiger partial charge in [0.1, 0.15) is 5.69 Å². The number of hydrogen-bond donors (Lipinski definition) is 1. The van der Waals surface area contributed by atoms with E-state index in [0.717, 1.165) is 12.3 Å². The molecule has 11 heteroatoms. The summed E-state index contributed by atoms with van der Waals surface area (Å²) in [6.07, 6.45) is -3.80. The van der Waals surface area contributed by atoms with Crippen molar-refractivity contribution in [3.8, 4) is 0 Å². The molecule has 0 radical (unpaired) electrons. The van der Waals surface area contributed by atoms with Crippen molar-refractivity contribution < 1.29 is 31.4 Å². The number of pyridine rings is 2. The van der Waals surface area contributed by atoms with E-state index in [0.29, 0.717) is 47.4 Å². The fourth-order valence-corrected chi connectivity index (χ4v) is 5.07. The number of fused-ring (bicyclic) bond motifs is 1. The number of nitrogens with zero attached hydrogens (tertiary/aromatic N) is 4. The lowest BCUT2D eigenvalue weighted by molar-refractivity contribution is -0.141. The average molecular weight is 525 g/mol. The van der Waals surface area contributed by atoms with Crippen molar-refractivity contribution in [2.45, 2.75) is 63.9 Å². The number of hydrogen-bond acceptors (Lipinski definition) is 4. The Bertz CT molecular complexity index is 1340. The molecule has 0 aliphatic heterocycles. The van der Waals surface area contributed by atoms with Crippen LogP contribution in [0.1, 0.15) is 65.3 Å². The van der Waals surface area contributed by atoms with Crippen LogP contribution in [0.5, 0.6) is 0 Å². The zero-order valence-corrected chi connectivity index (χ0v) is 20.5. The van der Waals surface area contributed by atoms with Crippen LogP contribution in [0.15, 0.2) is 36.4 Å². The van der Waals surface area contributed by atoms with Gasteiger partial charge in [-0.25, -0.2) is 4.98 Å². The standard InChI is InChI=1S/C26H26F6N4O/c1-4-17-18-10-15(6-7-21(18)35-20(5-2)19(17)12-24(27,28)29)25(37,23-13-33-14-36(23)3)16-8-9-34-22(11-16)26(30,31)32/h8-11,13-14,37H,4-7,12H2,1-3H3. The van der Waals surface area contributed by atoms with Gasteiger partial charge in [-0.15, -0.1) is 0 Å². The number of imidazole rings is 1. The van der Waals surface area contributed by atoms with Crippen LogP contribution >= 0.6 is 0 Å². The molecule has 0 spiro atoms. The second kappa shape index (κ2) is 9.59. The third-order valence-corrected chi connectivity index (χ3v) is 6.75. The number of aromatic nitrogens is 4. The molecule has 3 aromatic heterocycles. The van der Waals surface area contributed by atoms with Gasteiger partial charge in [0.15, 0.2) is 5.60 Å². The highest BCUT2D eigenvalue weighted by molar-refractivity contribution is 5.67. The minimum Gasteiger partial charge on any atom is -0.375 e. The van der Waals surface area contributed by atoms with Gasteiger partial charge in [0.25, 0.3) is 0 Å². The third-order valence-electron chi connectivity index (χ3n) is 6.75. The zero-order valence-electron chi connectivity index (χ0n) is 20.5. The van der Waals surface area contributed by atoms with Crippen LogP contribution in [0.3, 0.4) is 0 Å². The van der Waals surface area contributed by atoms with Crippen LogP contribution in [0.2, 0.25) is 0 Å². The lowest BCUT2D eigenvalue weighted by Gasteiger charge is -2.35. The van der Waals surface area contributed by atoms with E-state index in [4.69, 9.17) is 0 Å². The highest BCUT2D eigenvalue weighted by Crippen LogP contribution is 2.44. The first kappa shape index (κ1) is 26.8. The van der Waals surface area contributed by atoms with Gasteiger partial charge < -0.3 is 9.67 Å². The average Bonchev–Trinajstić information content (AvgIpc) is 3.27. The summed E-state index contributed by atoms with van der Waals surface area (Å²) < 4.78 is 82.4. The number of rotatable bonds is 6. The minimum absolute atomic E-state index is 0.0696. The number of aryl methyl sites for hydroxylation is 3. The van der Waals surface area contributed by atoms with Crippen molar-refractivity contribution in [3.05, 3.63) is 81.5 Å². The molecule has 0 amide bonds. The molecule has 0 aromatic carbocycles. The summed E-state index contributed by atoms with van der Waals surface area (Å²) in [4.78, 5) is 12.0. The van der Waals surface area contributed by atoms with Gasteiger partial charge in [-0.3, -0.25) is 9.97 Å². The Hall–Kier alpha value is -3.21. The number of aliphatic hydroxyl groups is 1. The van der Waals surface area contributed by atoms with Gasteiger partial charge in [-0.2, -0.15) is 26.3 Å². The SMILES string of the molecule is CCc1nc2c(c(CC)c1CC(F)(F)F)C=C(C(O)(c1ccnc(C(F)(F)F)c1)c1cncn1C)CC2. The van der Waals surface area contributed by atoms with E-state index in [1.807, 2.05) is 0 Å². The molecule has 198 valence electrons. The van der Waals surface area contributed by atoms with Crippen molar-refractivity contribution in [2.24, 2.45) is 7.05 Å². The molecule has 1 aliphatic carbocycles. The molecule has 5 nitrogen and oxygen atoms in total. The first-order chi connectivity index (χ1) is 17.3. The van der Waals surface area contributed by atoms with E-state index in [1.54, 1.807) is 27.0 Å². The summed E-state index contributed by atoms with van der Waals surface area (Å²) in [5.74, 6) is 0. The molecule has 0 saturated heterocycles. The van der Waals surface area contributed by atoms with Crippen molar-refractivity contribution in [1.82, 2.24) is 19.5 Å². The molecule has 3 aromatic rings. The summed E-state index contributed by atoms with van der Waals surface area (Å²) in [6, 6.07) is 2.09. The Morgan fingerprint density at radius 3 is 2.32 bits per heavy atom. The summed E-state index contributed by atoms with van der Waals surface area (Å²) >= 11 is 0. The van der Waals surface area contributed by atoms with Crippen LogP contribution in [0.4, 0.5) is 26.3 Å². The van der Waals surface area contributed by atoms with Gasteiger partial charge in [-0.05, 0) is 65.6 Å². The molecular formula is C26H26F6N4O. The van der Waals surface area contributed by atoms with Crippen LogP contribution in [0, 0.1) is 0 Å². The van der Waals surface area contributed by atoms with E-state index in [2.05, 4.69) is 15.0 Å². The Kier molecular flexibility index (Phi) is 6.96. The fraction of sp³-hybridized carbons (Fsp3) is 0.423. The largest absolute Gasteiger partial charge is 0.433 e. The van der Waals surface area contributed by atoms with Gasteiger partial charge in [0.2, 0.25) is 0 Å². The topological polar surface area (TPSA) is 63.8 Å². The number of alkyl halides is 6. The van der Waals surface area contributed by atoms with Crippen molar-refractivity contribution >= 4 is 6.08 Å². The highest BCUT2D eigenvalue weighted by atomic mass is 19.4. The summed E-state index contributed by atoms with van der Waals surface area (Å²) in [5.41, 5.74) is -0.656. The molecule has 0 fully saturated rings. The second-order valence-corrected chi connectivity index (χ2v) is 9.07. The smallest absolute Gasteiger partial charge is 0.375 e. The molecule has 4 rings (SSSR count). The molecule has 1 N–H and O–H groups in total. The molecule has 0 bridgehead atoms. The maximum atomic E-state index is 13.5. The molecule has 0 saturated carbocycles. The quantitative estimate of drug-likeness (QED) is 0.419. The van der Waals surface area contributed by atoms with E-state index < -0.39 is 30.1 Å². The predicted octanol–water partition coefficient (Wildman–Crippen LogP) is 5.72. The minimum atomic E-state index is -4.74. The van der Waals surface area contributed by atoms with E-state index in [9.17, 15) is 31.4 Å². The second-order valence-electron chi connectivity index (χ2n) is 9.07. The predicted molar refractivity (Wildman–Crippen MR) is 124 cm³/mol. The van der Waals surface area contributed by atoms with Gasteiger partial charge in [0.05, 0.1) is 24.6 Å². The van der Waals surface area contributed by atoms with E-state index >= 15 is 0 Å². The molecule has 37 heavy (non-hydrogen) atoms. The molecule has 1 unspecified atom stereocenters. The Morgan fingerprint density at radius 2 is 1.76 bits per heavy atom. The van der Waals surface area contributed by atoms with Crippen LogP contribution in [-0.4, -0.2) is 30.8 Å². The number of halogens is 6. The Labute approximate surface area is 209 Å². The maximum Gasteiger partial charge on any atom is 0.433 e. The van der Waals surface area contributed by atoms with E-state index in [1.165, 1.54) is 23.2 Å². The zero-order chi connectivity index (χ0) is 27.2. The highest BCUT2D eigenvalue weighted by Gasteiger charge is 2.42. The lowest BCUT2D eigenvalue weighted by Crippen LogP contribution is -2.34. The normalized spacial score (nSPS) is 15.8. The van der Waals surface area contributed by atoms with Crippen molar-refractivity contribution in [2.75, 3.05) is 0 Å². The maximum absolute atomic E-state index is 13.5. The summed E-state index contributed by atoms with van der Waals surface area (Å²) in [5, 5.41) is 12.2. The van der Waals surface area contributed by atoms with Gasteiger partial charge >= 0.3 is 12.4 Å². The molecule has 1 aliphatic rings. The van der Waals surface area contributed by atoms with Crippen LogP contribution < -0.4 is 0 Å². The van der Waals surface area contributed by atoms with Crippen LogP contribution in [-0.2, 0) is 44.5 Å².